The van der Waals surface area contributed by atoms with Gasteiger partial charge in [-0.05, 0) is 25.0 Å². The molecule has 0 aromatic heterocycles. The first-order chi connectivity index (χ1) is 9.20. The molecule has 0 fully saturated rings. The molecule has 0 heterocycles. The van der Waals surface area contributed by atoms with Crippen molar-refractivity contribution in [3.63, 3.8) is 0 Å². The van der Waals surface area contributed by atoms with Crippen LogP contribution in [-0.4, -0.2) is 14.3 Å². The van der Waals surface area contributed by atoms with E-state index in [-0.39, 0.29) is 32.5 Å². The van der Waals surface area contributed by atoms with Crippen LogP contribution in [0.3, 0.4) is 0 Å². The van der Waals surface area contributed by atoms with Gasteiger partial charge in [-0.2, -0.15) is 0 Å². The van der Waals surface area contributed by atoms with E-state index in [2.05, 4.69) is 5.32 Å². The highest BCUT2D eigenvalue weighted by Gasteiger charge is 2.19. The second-order valence-electron chi connectivity index (χ2n) is 4.31. The number of nitrogens with two attached hydrogens (primary N) is 1. The molecule has 0 aliphatic carbocycles. The van der Waals surface area contributed by atoms with E-state index in [0.29, 0.717) is 12.8 Å². The molecule has 0 atom stereocenters. The van der Waals surface area contributed by atoms with Gasteiger partial charge in [0.1, 0.15) is 0 Å². The number of hydrogen-bond donors (Lipinski definition) is 2. The lowest BCUT2D eigenvalue weighted by Crippen LogP contribution is -2.22. The third kappa shape index (κ3) is 4.09. The van der Waals surface area contributed by atoms with Gasteiger partial charge in [0.25, 0.3) is 0 Å². The first kappa shape index (κ1) is 17.2. The van der Waals surface area contributed by atoms with Gasteiger partial charge < -0.3 is 5.32 Å². The van der Waals surface area contributed by atoms with Crippen LogP contribution in [0.4, 0.5) is 5.69 Å². The van der Waals surface area contributed by atoms with Crippen molar-refractivity contribution in [2.24, 2.45) is 11.1 Å². The smallest absolute Gasteiger partial charge is 0.238 e. The lowest BCUT2D eigenvalue weighted by Gasteiger charge is -2.15. The molecule has 0 unspecified atom stereocenters. The van der Waals surface area contributed by atoms with Gasteiger partial charge in [-0.3, -0.25) is 4.79 Å². The van der Waals surface area contributed by atoms with Gasteiger partial charge in [0, 0.05) is 5.92 Å². The number of sulfonamides is 1. The van der Waals surface area contributed by atoms with Crippen LogP contribution in [0.1, 0.15) is 26.7 Å². The minimum Gasteiger partial charge on any atom is -0.323 e. The normalized spacial score (nSPS) is 11.7. The number of carbonyl (C=O) groups excluding carboxylic acids is 1. The number of rotatable bonds is 5. The number of halogens is 2. The minimum absolute atomic E-state index is 0.0285. The zero-order chi connectivity index (χ0) is 15.5. The van der Waals surface area contributed by atoms with E-state index in [0.717, 1.165) is 12.1 Å². The fraction of sp³-hybridized carbons (Fsp3) is 0.417. The van der Waals surface area contributed by atoms with Crippen molar-refractivity contribution in [3.8, 4) is 0 Å². The number of hydrogen-bond acceptors (Lipinski definition) is 3. The summed E-state index contributed by atoms with van der Waals surface area (Å²) in [6.07, 6.45) is 1.37. The molecule has 3 N–H and O–H groups in total. The summed E-state index contributed by atoms with van der Waals surface area (Å²) >= 11 is 11.9. The molecular formula is C12H16Cl2N2O3S. The molecular weight excluding hydrogens is 323 g/mol. The summed E-state index contributed by atoms with van der Waals surface area (Å²) < 4.78 is 22.5. The van der Waals surface area contributed by atoms with Gasteiger partial charge in [0.2, 0.25) is 15.9 Å². The van der Waals surface area contributed by atoms with Crippen LogP contribution in [0.2, 0.25) is 10.0 Å². The van der Waals surface area contributed by atoms with Gasteiger partial charge in [-0.25, -0.2) is 13.6 Å². The Balaban J connectivity index is 3.13. The second kappa shape index (κ2) is 6.76. The number of anilines is 1. The Morgan fingerprint density at radius 1 is 1.25 bits per heavy atom. The summed E-state index contributed by atoms with van der Waals surface area (Å²) in [5.41, 5.74) is 0.192. The molecule has 1 aromatic rings. The van der Waals surface area contributed by atoms with E-state index in [1.807, 2.05) is 13.8 Å². The zero-order valence-electron chi connectivity index (χ0n) is 11.1. The molecule has 0 bridgehead atoms. The van der Waals surface area contributed by atoms with E-state index in [1.165, 1.54) is 0 Å². The van der Waals surface area contributed by atoms with E-state index in [1.54, 1.807) is 0 Å². The van der Waals surface area contributed by atoms with E-state index in [9.17, 15) is 13.2 Å². The average molecular weight is 339 g/mol. The van der Waals surface area contributed by atoms with E-state index in [4.69, 9.17) is 28.3 Å². The molecule has 8 heteroatoms. The SMILES string of the molecule is CCC(CC)C(=O)Nc1c(Cl)cc(S(N)(=O)=O)cc1Cl. The van der Waals surface area contributed by atoms with Crippen LogP contribution >= 0.6 is 23.2 Å². The summed E-state index contributed by atoms with van der Waals surface area (Å²) in [5, 5.41) is 7.68. The fourth-order valence-corrected chi connectivity index (χ4v) is 2.99. The van der Waals surface area contributed by atoms with Gasteiger partial charge in [0.05, 0.1) is 20.6 Å². The maximum Gasteiger partial charge on any atom is 0.238 e. The quantitative estimate of drug-likeness (QED) is 0.864. The van der Waals surface area contributed by atoms with Crippen molar-refractivity contribution < 1.29 is 13.2 Å². The molecule has 0 saturated carbocycles. The van der Waals surface area contributed by atoms with Crippen LogP contribution in [0.5, 0.6) is 0 Å². The standard InChI is InChI=1S/C12H16Cl2N2O3S/c1-3-7(4-2)12(17)16-11-9(13)5-8(6-10(11)14)20(15,18)19/h5-7H,3-4H2,1-2H3,(H,16,17)(H2,15,18,19). The number of primary sulfonamides is 1. The lowest BCUT2D eigenvalue weighted by molar-refractivity contribution is -0.120. The van der Waals surface area contributed by atoms with Crippen molar-refractivity contribution in [1.29, 1.82) is 0 Å². The second-order valence-corrected chi connectivity index (χ2v) is 6.69. The largest absolute Gasteiger partial charge is 0.323 e. The van der Waals surface area contributed by atoms with Crippen molar-refractivity contribution in [2.45, 2.75) is 31.6 Å². The van der Waals surface area contributed by atoms with Gasteiger partial charge in [-0.15, -0.1) is 0 Å². The number of nitrogens with one attached hydrogen (secondary N) is 1. The zero-order valence-corrected chi connectivity index (χ0v) is 13.4. The first-order valence-corrected chi connectivity index (χ1v) is 8.33. The van der Waals surface area contributed by atoms with Crippen LogP contribution in [0.25, 0.3) is 0 Å². The predicted octanol–water partition coefficient (Wildman–Crippen LogP) is 3.02. The van der Waals surface area contributed by atoms with Crippen molar-refractivity contribution in [3.05, 3.63) is 22.2 Å². The van der Waals surface area contributed by atoms with Crippen LogP contribution < -0.4 is 10.5 Å². The van der Waals surface area contributed by atoms with Crippen LogP contribution in [-0.2, 0) is 14.8 Å². The number of benzene rings is 1. The highest BCUT2D eigenvalue weighted by molar-refractivity contribution is 7.89. The topological polar surface area (TPSA) is 89.3 Å². The predicted molar refractivity (Wildman–Crippen MR) is 80.5 cm³/mol. The Kier molecular flexibility index (Phi) is 5.82. The molecule has 1 amide bonds. The van der Waals surface area contributed by atoms with Crippen LogP contribution in [0, 0.1) is 5.92 Å². The summed E-state index contributed by atoms with van der Waals surface area (Å²) in [5.74, 6) is -0.359. The Morgan fingerprint density at radius 3 is 2.05 bits per heavy atom. The number of amides is 1. The molecule has 0 spiro atoms. The third-order valence-electron chi connectivity index (χ3n) is 2.95. The highest BCUT2D eigenvalue weighted by atomic mass is 35.5. The molecule has 1 aromatic carbocycles. The molecule has 1 rings (SSSR count). The van der Waals surface area contributed by atoms with Gasteiger partial charge in [0.15, 0.2) is 0 Å². The highest BCUT2D eigenvalue weighted by Crippen LogP contribution is 2.33. The summed E-state index contributed by atoms with van der Waals surface area (Å²) in [6.45, 7) is 3.81. The summed E-state index contributed by atoms with van der Waals surface area (Å²) in [4.78, 5) is 11.8. The fourth-order valence-electron chi connectivity index (χ4n) is 1.72. The Labute approximate surface area is 128 Å². The molecule has 0 saturated heterocycles. The Morgan fingerprint density at radius 2 is 1.70 bits per heavy atom. The maximum absolute atomic E-state index is 12.0. The molecule has 112 valence electrons. The lowest BCUT2D eigenvalue weighted by atomic mass is 10.0. The maximum atomic E-state index is 12.0. The molecule has 0 aliphatic heterocycles. The molecule has 0 aliphatic rings. The Hall–Kier alpha value is -0.820. The van der Waals surface area contributed by atoms with Gasteiger partial charge in [-0.1, -0.05) is 37.0 Å². The minimum atomic E-state index is -3.90. The molecule has 20 heavy (non-hydrogen) atoms. The Bertz CT molecular complexity index is 590. The van der Waals surface area contributed by atoms with Gasteiger partial charge >= 0.3 is 0 Å². The third-order valence-corrected chi connectivity index (χ3v) is 4.44. The monoisotopic (exact) mass is 338 g/mol. The summed E-state index contributed by atoms with van der Waals surface area (Å²) in [6, 6.07) is 2.32. The van der Waals surface area contributed by atoms with E-state index >= 15 is 0 Å². The van der Waals surface area contributed by atoms with Crippen molar-refractivity contribution in [2.75, 3.05) is 5.32 Å². The molecule has 0 radical (unpaired) electrons. The van der Waals surface area contributed by atoms with Crippen molar-refractivity contribution in [1.82, 2.24) is 0 Å². The number of carbonyl (C=O) groups is 1. The van der Waals surface area contributed by atoms with Crippen LogP contribution in [0.15, 0.2) is 17.0 Å². The summed E-state index contributed by atoms with van der Waals surface area (Å²) in [7, 11) is -3.90. The molecule has 5 nitrogen and oxygen atoms in total. The average Bonchev–Trinajstić information content (AvgIpc) is 2.33. The first-order valence-electron chi connectivity index (χ1n) is 6.03. The van der Waals surface area contributed by atoms with Crippen molar-refractivity contribution >= 4 is 44.8 Å². The van der Waals surface area contributed by atoms with E-state index < -0.39 is 10.0 Å².